The Morgan fingerprint density at radius 1 is 1.20 bits per heavy atom. The number of thioether (sulfide) groups is 1. The average molecular weight is 458 g/mol. The Hall–Kier alpha value is -2.49. The van der Waals surface area contributed by atoms with Crippen molar-refractivity contribution in [3.63, 3.8) is 0 Å². The van der Waals surface area contributed by atoms with Crippen molar-refractivity contribution in [2.45, 2.75) is 23.8 Å². The number of hydrogen-bond donors (Lipinski definition) is 0. The van der Waals surface area contributed by atoms with Crippen LogP contribution < -0.4 is 4.90 Å². The van der Waals surface area contributed by atoms with Crippen LogP contribution in [0.25, 0.3) is 5.69 Å². The molecule has 1 aliphatic rings. The summed E-state index contributed by atoms with van der Waals surface area (Å²) in [6.07, 6.45) is 1.88. The number of carbonyl (C=O) groups is 2. The first kappa shape index (κ1) is 20.8. The second-order valence-electron chi connectivity index (χ2n) is 6.71. The Kier molecular flexibility index (Phi) is 6.03. The molecule has 1 atom stereocenters. The van der Waals surface area contributed by atoms with E-state index in [1.807, 2.05) is 30.5 Å². The zero-order chi connectivity index (χ0) is 21.3. The third-order valence-electron chi connectivity index (χ3n) is 4.84. The minimum Gasteiger partial charge on any atom is -0.449 e. The van der Waals surface area contributed by atoms with Crippen LogP contribution in [0, 0.1) is 3.95 Å². The third kappa shape index (κ3) is 4.05. The minimum atomic E-state index is -0.875. The van der Waals surface area contributed by atoms with E-state index in [0.29, 0.717) is 16.1 Å². The topological polar surface area (TPSA) is 64.4 Å². The van der Waals surface area contributed by atoms with Crippen LogP contribution in [0.5, 0.6) is 0 Å². The smallest absolute Gasteiger partial charge is 0.338 e. The Bertz CT molecular complexity index is 1150. The fourth-order valence-electron chi connectivity index (χ4n) is 3.31. The molecule has 1 aliphatic heterocycles. The van der Waals surface area contributed by atoms with Gasteiger partial charge in [0, 0.05) is 12.2 Å². The fourth-order valence-corrected chi connectivity index (χ4v) is 5.09. The molecule has 154 valence electrons. The van der Waals surface area contributed by atoms with Gasteiger partial charge in [0.2, 0.25) is 0 Å². The van der Waals surface area contributed by atoms with Crippen molar-refractivity contribution >= 4 is 52.9 Å². The Morgan fingerprint density at radius 2 is 1.93 bits per heavy atom. The lowest BCUT2D eigenvalue weighted by atomic mass is 10.2. The highest BCUT2D eigenvalue weighted by Crippen LogP contribution is 2.28. The van der Waals surface area contributed by atoms with Gasteiger partial charge in [-0.15, -0.1) is 5.10 Å². The molecule has 0 unspecified atom stereocenters. The van der Waals surface area contributed by atoms with Gasteiger partial charge in [0.1, 0.15) is 0 Å². The van der Waals surface area contributed by atoms with E-state index in [9.17, 15) is 9.59 Å². The molecule has 0 bridgehead atoms. The zero-order valence-electron chi connectivity index (χ0n) is 16.4. The molecule has 9 heteroatoms. The van der Waals surface area contributed by atoms with E-state index in [4.69, 9.17) is 17.0 Å². The molecule has 0 aliphatic carbocycles. The second kappa shape index (κ2) is 8.71. The van der Waals surface area contributed by atoms with Crippen molar-refractivity contribution in [3.8, 4) is 5.69 Å². The predicted molar refractivity (Wildman–Crippen MR) is 121 cm³/mol. The number of amides is 1. The van der Waals surface area contributed by atoms with Crippen LogP contribution in [-0.2, 0) is 16.0 Å². The SMILES string of the molecule is CSc1nn(-c2ccc(C(=O)O[C@H](C)C(=O)N3CCc4ccccc43)cc2)c(=S)s1. The average Bonchev–Trinajstić information content (AvgIpc) is 3.36. The molecule has 0 radical (unpaired) electrons. The molecule has 1 amide bonds. The number of hydrogen-bond acceptors (Lipinski definition) is 7. The van der Waals surface area contributed by atoms with Crippen LogP contribution in [0.15, 0.2) is 52.9 Å². The standard InChI is InChI=1S/C21H19N3O3S3/c1-13(18(25)23-12-11-14-5-3-4-6-17(14)23)27-19(26)15-7-9-16(10-8-15)24-21(28)30-20(22-24)29-2/h3-10,13H,11-12H2,1-2H3/t13-/m1/s1. The summed E-state index contributed by atoms with van der Waals surface area (Å²) in [4.78, 5) is 27.0. The highest BCUT2D eigenvalue weighted by atomic mass is 32.2. The van der Waals surface area contributed by atoms with Crippen LogP contribution in [0.4, 0.5) is 5.69 Å². The molecule has 0 N–H and O–H groups in total. The maximum absolute atomic E-state index is 12.8. The molecule has 0 fully saturated rings. The molecule has 30 heavy (non-hydrogen) atoms. The monoisotopic (exact) mass is 457 g/mol. The second-order valence-corrected chi connectivity index (χ2v) is 9.39. The summed E-state index contributed by atoms with van der Waals surface area (Å²) in [5, 5.41) is 4.43. The molecule has 3 aromatic rings. The number of ether oxygens (including phenoxy) is 1. The van der Waals surface area contributed by atoms with Gasteiger partial charge >= 0.3 is 5.97 Å². The number of esters is 1. The van der Waals surface area contributed by atoms with E-state index in [2.05, 4.69) is 5.10 Å². The summed E-state index contributed by atoms with van der Waals surface area (Å²) in [5.41, 5.74) is 3.16. The maximum atomic E-state index is 12.8. The summed E-state index contributed by atoms with van der Waals surface area (Å²) < 4.78 is 8.62. The first-order chi connectivity index (χ1) is 14.5. The van der Waals surface area contributed by atoms with Gasteiger partial charge in [-0.2, -0.15) is 0 Å². The van der Waals surface area contributed by atoms with Crippen molar-refractivity contribution in [3.05, 3.63) is 63.6 Å². The molecule has 0 spiro atoms. The number of aromatic nitrogens is 2. The van der Waals surface area contributed by atoms with Gasteiger partial charge in [-0.1, -0.05) is 41.3 Å². The Balaban J connectivity index is 1.44. The Labute approximate surface area is 187 Å². The summed E-state index contributed by atoms with van der Waals surface area (Å²) in [6.45, 7) is 2.20. The Morgan fingerprint density at radius 3 is 2.63 bits per heavy atom. The van der Waals surface area contributed by atoms with E-state index < -0.39 is 12.1 Å². The van der Waals surface area contributed by atoms with Crippen LogP contribution in [0.2, 0.25) is 0 Å². The van der Waals surface area contributed by atoms with Gasteiger partial charge < -0.3 is 9.64 Å². The summed E-state index contributed by atoms with van der Waals surface area (Å²) in [5.74, 6) is -0.759. The normalized spacial score (nSPS) is 13.7. The summed E-state index contributed by atoms with van der Waals surface area (Å²) in [6, 6.07) is 14.6. The van der Waals surface area contributed by atoms with Crippen molar-refractivity contribution in [1.82, 2.24) is 9.78 Å². The van der Waals surface area contributed by atoms with Gasteiger partial charge in [-0.25, -0.2) is 9.48 Å². The lowest BCUT2D eigenvalue weighted by Crippen LogP contribution is -2.39. The van der Waals surface area contributed by atoms with E-state index in [0.717, 1.165) is 27.7 Å². The number of carbonyl (C=O) groups excluding carboxylic acids is 2. The number of para-hydroxylation sites is 1. The zero-order valence-corrected chi connectivity index (χ0v) is 18.9. The van der Waals surface area contributed by atoms with Gasteiger partial charge in [0.05, 0.1) is 11.3 Å². The van der Waals surface area contributed by atoms with Crippen molar-refractivity contribution in [2.75, 3.05) is 17.7 Å². The highest BCUT2D eigenvalue weighted by Gasteiger charge is 2.29. The molecular formula is C21H19N3O3S3. The molecule has 6 nitrogen and oxygen atoms in total. The number of anilines is 1. The molecular weight excluding hydrogens is 438 g/mol. The van der Waals surface area contributed by atoms with E-state index >= 15 is 0 Å². The number of fused-ring (bicyclic) bond motifs is 1. The lowest BCUT2D eigenvalue weighted by Gasteiger charge is -2.21. The van der Waals surface area contributed by atoms with Crippen LogP contribution >= 0.6 is 35.3 Å². The van der Waals surface area contributed by atoms with Crippen molar-refractivity contribution < 1.29 is 14.3 Å². The molecule has 4 rings (SSSR count). The van der Waals surface area contributed by atoms with Crippen molar-refractivity contribution in [2.24, 2.45) is 0 Å². The summed E-state index contributed by atoms with van der Waals surface area (Å²) in [7, 11) is 0. The van der Waals surface area contributed by atoms with Crippen molar-refractivity contribution in [1.29, 1.82) is 0 Å². The van der Waals surface area contributed by atoms with Crippen LogP contribution in [-0.4, -0.2) is 40.6 Å². The fraction of sp³-hybridized carbons (Fsp3) is 0.238. The van der Waals surface area contributed by atoms with E-state index in [-0.39, 0.29) is 5.91 Å². The molecule has 2 heterocycles. The first-order valence-corrected chi connectivity index (χ1v) is 11.8. The minimum absolute atomic E-state index is 0.219. The molecule has 0 saturated heterocycles. The third-order valence-corrected chi connectivity index (χ3v) is 7.04. The number of benzene rings is 2. The molecule has 0 saturated carbocycles. The van der Waals surface area contributed by atoms with E-state index in [1.54, 1.807) is 40.8 Å². The molecule has 1 aromatic heterocycles. The summed E-state index contributed by atoms with van der Waals surface area (Å²) >= 11 is 8.31. The lowest BCUT2D eigenvalue weighted by molar-refractivity contribution is -0.126. The quantitative estimate of drug-likeness (QED) is 0.319. The van der Waals surface area contributed by atoms with Gasteiger partial charge in [0.25, 0.3) is 5.91 Å². The molecule has 2 aromatic carbocycles. The van der Waals surface area contributed by atoms with Crippen LogP contribution in [0.3, 0.4) is 0 Å². The van der Waals surface area contributed by atoms with Crippen LogP contribution in [0.1, 0.15) is 22.8 Å². The van der Waals surface area contributed by atoms with Gasteiger partial charge in [0.15, 0.2) is 14.4 Å². The first-order valence-electron chi connectivity index (χ1n) is 9.33. The number of rotatable bonds is 5. The predicted octanol–water partition coefficient (Wildman–Crippen LogP) is 4.52. The van der Waals surface area contributed by atoms with Gasteiger partial charge in [-0.3, -0.25) is 4.79 Å². The van der Waals surface area contributed by atoms with E-state index in [1.165, 1.54) is 23.1 Å². The number of nitrogens with zero attached hydrogens (tertiary/aromatic N) is 3. The maximum Gasteiger partial charge on any atom is 0.338 e. The largest absolute Gasteiger partial charge is 0.449 e. The highest BCUT2D eigenvalue weighted by molar-refractivity contribution is 8.00. The van der Waals surface area contributed by atoms with Gasteiger partial charge in [-0.05, 0) is 67.7 Å².